The molecule has 0 aliphatic carbocycles. The zero-order chi connectivity index (χ0) is 50.3. The number of hydrogen-bond acceptors (Lipinski definition) is 11. The number of allylic oxidation sites excluding steroid dienone is 1. The van der Waals surface area contributed by atoms with E-state index < -0.39 is 67.5 Å². The molecule has 1 saturated heterocycles. The lowest BCUT2D eigenvalue weighted by atomic mass is 9.82. The van der Waals surface area contributed by atoms with Crippen LogP contribution >= 0.6 is 0 Å². The van der Waals surface area contributed by atoms with Crippen LogP contribution in [0.25, 0.3) is 0 Å². The predicted molar refractivity (Wildman–Crippen MR) is 270 cm³/mol. The van der Waals surface area contributed by atoms with E-state index in [0.717, 1.165) is 44.9 Å². The van der Waals surface area contributed by atoms with Gasteiger partial charge in [-0.3, -0.25) is 9.59 Å². The van der Waals surface area contributed by atoms with Crippen LogP contribution in [0.1, 0.15) is 155 Å². The summed E-state index contributed by atoms with van der Waals surface area (Å²) in [6, 6.07) is 14.1. The minimum absolute atomic E-state index is 0.0250. The molecule has 1 fully saturated rings. The van der Waals surface area contributed by atoms with Gasteiger partial charge in [0, 0.05) is 37.9 Å². The van der Waals surface area contributed by atoms with Gasteiger partial charge in [-0.1, -0.05) is 127 Å². The van der Waals surface area contributed by atoms with Gasteiger partial charge in [0.2, 0.25) is 5.91 Å². The summed E-state index contributed by atoms with van der Waals surface area (Å²) in [5.74, 6) is 1.14. The second-order valence-corrected chi connectivity index (χ2v) is 25.2. The fourth-order valence-electron chi connectivity index (χ4n) is 7.59. The molecule has 0 spiro atoms. The fourth-order valence-corrected chi connectivity index (χ4v) is 8.64. The summed E-state index contributed by atoms with van der Waals surface area (Å²) in [5, 5.41) is 15.3. The predicted octanol–water partition coefficient (Wildman–Crippen LogP) is 10.6. The van der Waals surface area contributed by atoms with E-state index in [-0.39, 0.29) is 31.1 Å². The number of Topliss-reactive ketones (excluding diaryl/α,β-unsaturated/α-hetero) is 1. The number of carbonyl (C=O) groups is 4. The van der Waals surface area contributed by atoms with Crippen molar-refractivity contribution < 1.29 is 52.4 Å². The molecule has 0 aromatic heterocycles. The number of rotatable bonds is 30. The van der Waals surface area contributed by atoms with Gasteiger partial charge in [0.1, 0.15) is 24.0 Å². The summed E-state index contributed by atoms with van der Waals surface area (Å²) < 4.78 is 35.8. The number of hydrogen-bond donors (Lipinski definition) is 2. The molecule has 2 aromatic carbocycles. The third-order valence-corrected chi connectivity index (χ3v) is 17.2. The van der Waals surface area contributed by atoms with Crippen LogP contribution in [0.5, 0.6) is 5.75 Å². The van der Waals surface area contributed by atoms with E-state index in [4.69, 9.17) is 28.1 Å². The van der Waals surface area contributed by atoms with Crippen LogP contribution in [-0.2, 0) is 44.2 Å². The zero-order valence-electron chi connectivity index (χ0n) is 43.0. The maximum absolute atomic E-state index is 14.8. The van der Waals surface area contributed by atoms with Crippen molar-refractivity contribution in [3.63, 3.8) is 0 Å². The van der Waals surface area contributed by atoms with Gasteiger partial charge in [0.05, 0.1) is 19.1 Å². The van der Waals surface area contributed by atoms with Crippen molar-refractivity contribution in [1.29, 1.82) is 0 Å². The van der Waals surface area contributed by atoms with Gasteiger partial charge in [-0.2, -0.15) is 0 Å². The minimum Gasteiger partial charge on any atom is -0.481 e. The number of carbonyl (C=O) groups excluding carboxylic acids is 4. The first-order chi connectivity index (χ1) is 32.1. The Morgan fingerprint density at radius 3 is 2.07 bits per heavy atom. The van der Waals surface area contributed by atoms with Gasteiger partial charge in [-0.05, 0) is 89.2 Å². The molecule has 1 amide bonds. The number of ether oxygens (including phenoxy) is 5. The van der Waals surface area contributed by atoms with Gasteiger partial charge in [-0.25, -0.2) is 9.59 Å². The van der Waals surface area contributed by atoms with Gasteiger partial charge >= 0.3 is 11.9 Å². The second-order valence-electron chi connectivity index (χ2n) is 20.4. The summed E-state index contributed by atoms with van der Waals surface area (Å²) in [4.78, 5) is 56.1. The Labute approximate surface area is 409 Å². The third-order valence-electron chi connectivity index (χ3n) is 12.7. The number of esters is 2. The molecule has 3 rings (SSSR count). The Morgan fingerprint density at radius 1 is 0.868 bits per heavy atom. The molecule has 2 aromatic rings. The third kappa shape index (κ3) is 20.0. The molecule has 0 saturated carbocycles. The molecule has 2 N–H and O–H groups in total. The largest absolute Gasteiger partial charge is 0.481 e. The van der Waals surface area contributed by atoms with Crippen LogP contribution in [0, 0.1) is 17.8 Å². The topological polar surface area (TPSA) is 156 Å². The molecule has 12 nitrogen and oxygen atoms in total. The molecule has 13 heteroatoms. The van der Waals surface area contributed by atoms with Crippen LogP contribution in [-0.4, -0.2) is 93.1 Å². The number of amides is 1. The first-order valence-corrected chi connectivity index (χ1v) is 27.8. The van der Waals surface area contributed by atoms with E-state index in [1.54, 1.807) is 88.4 Å². The number of benzene rings is 2. The highest BCUT2D eigenvalue weighted by molar-refractivity contribution is 6.74. The van der Waals surface area contributed by atoms with E-state index >= 15 is 0 Å². The molecular formula is C55H83NO11Si. The van der Waals surface area contributed by atoms with Crippen molar-refractivity contribution in [3.05, 3.63) is 77.9 Å². The summed E-state index contributed by atoms with van der Waals surface area (Å²) in [5.41, 5.74) is -2.39. The van der Waals surface area contributed by atoms with E-state index in [1.807, 2.05) is 6.08 Å². The average Bonchev–Trinajstić information content (AvgIpc) is 3.75. The van der Waals surface area contributed by atoms with E-state index in [0.29, 0.717) is 36.5 Å². The van der Waals surface area contributed by atoms with E-state index in [2.05, 4.69) is 57.9 Å². The zero-order valence-corrected chi connectivity index (χ0v) is 44.0. The number of unbranched alkanes of at least 4 members (excludes halogenated alkanes) is 8. The maximum Gasteiger partial charge on any atom is 0.339 e. The highest BCUT2D eigenvalue weighted by atomic mass is 28.4. The quantitative estimate of drug-likeness (QED) is 0.0192. The Hall–Kier alpha value is -4.32. The Kier molecular flexibility index (Phi) is 24.2. The fraction of sp³-hybridized carbons (Fsp3) is 0.636. The molecule has 0 unspecified atom stereocenters. The summed E-state index contributed by atoms with van der Waals surface area (Å²) >= 11 is 0. The smallest absolute Gasteiger partial charge is 0.339 e. The monoisotopic (exact) mass is 962 g/mol. The Bertz CT molecular complexity index is 1940. The molecular weight excluding hydrogens is 879 g/mol. The van der Waals surface area contributed by atoms with Crippen LogP contribution in [0.3, 0.4) is 0 Å². The Morgan fingerprint density at radius 2 is 1.49 bits per heavy atom. The van der Waals surface area contributed by atoms with E-state index in [9.17, 15) is 24.3 Å². The van der Waals surface area contributed by atoms with Gasteiger partial charge < -0.3 is 38.5 Å². The van der Waals surface area contributed by atoms with Crippen LogP contribution in [0.4, 0.5) is 0 Å². The van der Waals surface area contributed by atoms with Gasteiger partial charge in [0.25, 0.3) is 0 Å². The molecule has 3 atom stereocenters. The number of ketones is 1. The summed E-state index contributed by atoms with van der Waals surface area (Å²) in [6.07, 6.45) is 15.0. The molecule has 1 aliphatic heterocycles. The van der Waals surface area contributed by atoms with Crippen molar-refractivity contribution in [1.82, 2.24) is 5.32 Å². The lowest BCUT2D eigenvalue weighted by molar-refractivity contribution is -0.185. The number of aliphatic hydroxyl groups is 1. The molecule has 378 valence electrons. The molecule has 1 aliphatic rings. The van der Waals surface area contributed by atoms with Gasteiger partial charge in [0.15, 0.2) is 32.1 Å². The average molecular weight is 962 g/mol. The molecule has 0 radical (unpaired) electrons. The Balaban J connectivity index is 1.91. The van der Waals surface area contributed by atoms with Crippen molar-refractivity contribution in [2.75, 3.05) is 33.0 Å². The van der Waals surface area contributed by atoms with Gasteiger partial charge in [-0.15, -0.1) is 5.92 Å². The molecule has 68 heavy (non-hydrogen) atoms. The van der Waals surface area contributed by atoms with Crippen molar-refractivity contribution in [2.24, 2.45) is 5.92 Å². The highest BCUT2D eigenvalue weighted by Crippen LogP contribution is 2.38. The van der Waals surface area contributed by atoms with Crippen molar-refractivity contribution >= 4 is 31.9 Å². The van der Waals surface area contributed by atoms with Crippen LogP contribution in [0.15, 0.2) is 66.7 Å². The first-order valence-electron chi connectivity index (χ1n) is 24.9. The summed E-state index contributed by atoms with van der Waals surface area (Å²) in [7, 11) is -2.36. The molecule has 1 heterocycles. The maximum atomic E-state index is 14.8. The second kappa shape index (κ2) is 28.4. The highest BCUT2D eigenvalue weighted by Gasteiger charge is 2.50. The van der Waals surface area contributed by atoms with Crippen molar-refractivity contribution in [3.8, 4) is 17.6 Å². The normalized spacial score (nSPS) is 15.7. The van der Waals surface area contributed by atoms with Crippen LogP contribution < -0.4 is 10.1 Å². The summed E-state index contributed by atoms with van der Waals surface area (Å²) in [6.45, 7) is 20.3. The first kappa shape index (κ1) is 58.0. The SMILES string of the molecule is CC#CCOc1ccc(C[C@H](NC(=O)[C@@H](C=CCCCCCCC2(CCCCCCC)OCCO2)[C@@](O)(CCO[Si](C)(C)C(C)(C)C)C(=O)OC(C)(C)C)C(=O)OCC(=O)c2ccccc2)cc1. The standard InChI is InChI=1S/C55H83NO11Si/c1-11-13-15-19-25-34-54(64-39-40-65-54)35-26-20-17-16-18-24-29-46(55(61,51(60)67-52(3,4)5)36-38-66-68(9,10)53(6,7)8)49(58)56-47(41-43-30-32-45(33-31-43)62-37-14-12-2)50(59)63-42-48(57)44-27-22-21-23-28-44/h21-24,27-33,46-47,61H,11,13,15-20,25-26,34-42H2,1-10H3,(H,56,58)/t46-,47+,55+/m1/s1. The molecule has 0 bridgehead atoms. The number of nitrogens with one attached hydrogen (secondary N) is 1. The minimum atomic E-state index is -2.40. The van der Waals surface area contributed by atoms with E-state index in [1.165, 1.54) is 25.7 Å². The van der Waals surface area contributed by atoms with Crippen LogP contribution in [0.2, 0.25) is 18.1 Å². The lowest BCUT2D eigenvalue weighted by Crippen LogP contribution is -2.57. The van der Waals surface area contributed by atoms with Crippen molar-refractivity contribution in [2.45, 2.75) is 186 Å². The lowest BCUT2D eigenvalue weighted by Gasteiger charge is -2.38.